The highest BCUT2D eigenvalue weighted by Crippen LogP contribution is 2.24. The first-order valence-electron chi connectivity index (χ1n) is 8.21. The molecule has 20 heavy (non-hydrogen) atoms. The number of nitrogens with zero attached hydrogens (tertiary/aromatic N) is 2. The fraction of sp³-hybridized carbons (Fsp3) is 0.706. The van der Waals surface area contributed by atoms with Gasteiger partial charge < -0.3 is 10.6 Å². The molecular formula is C17H29N3. The minimum absolute atomic E-state index is 0.609. The highest BCUT2D eigenvalue weighted by molar-refractivity contribution is 5.43. The lowest BCUT2D eigenvalue weighted by molar-refractivity contribution is 0.459. The maximum Gasteiger partial charge on any atom is 0.129 e. The highest BCUT2D eigenvalue weighted by atomic mass is 15.2. The lowest BCUT2D eigenvalue weighted by atomic mass is 9.98. The van der Waals surface area contributed by atoms with Crippen molar-refractivity contribution in [3.05, 3.63) is 23.4 Å². The Morgan fingerprint density at radius 1 is 1.25 bits per heavy atom. The largest absolute Gasteiger partial charge is 0.357 e. The molecule has 1 aromatic rings. The molecule has 1 saturated heterocycles. The van der Waals surface area contributed by atoms with Crippen LogP contribution in [0.4, 0.5) is 5.82 Å². The van der Waals surface area contributed by atoms with Gasteiger partial charge in [0.05, 0.1) is 0 Å². The monoisotopic (exact) mass is 275 g/mol. The Hall–Kier alpha value is -1.09. The molecule has 2 rings (SSSR count). The number of anilines is 1. The van der Waals surface area contributed by atoms with E-state index in [-0.39, 0.29) is 0 Å². The van der Waals surface area contributed by atoms with Gasteiger partial charge in [0.15, 0.2) is 0 Å². The normalized spacial score (nSPS) is 19.9. The highest BCUT2D eigenvalue weighted by Gasteiger charge is 2.17. The van der Waals surface area contributed by atoms with Crippen LogP contribution in [0.15, 0.2) is 12.1 Å². The molecule has 0 aromatic carbocycles. The Labute approximate surface area is 123 Å². The van der Waals surface area contributed by atoms with Crippen LogP contribution in [-0.2, 0) is 13.0 Å². The molecule has 1 aliphatic heterocycles. The number of pyridine rings is 1. The van der Waals surface area contributed by atoms with E-state index in [2.05, 4.69) is 30.9 Å². The van der Waals surface area contributed by atoms with Gasteiger partial charge in [-0.2, -0.15) is 0 Å². The van der Waals surface area contributed by atoms with Crippen molar-refractivity contribution in [2.75, 3.05) is 18.0 Å². The third-order valence-electron chi connectivity index (χ3n) is 4.42. The van der Waals surface area contributed by atoms with Gasteiger partial charge in [-0.1, -0.05) is 26.7 Å². The summed E-state index contributed by atoms with van der Waals surface area (Å²) in [7, 11) is 0. The van der Waals surface area contributed by atoms with E-state index in [4.69, 9.17) is 10.7 Å². The number of hydrogen-bond donors (Lipinski definition) is 1. The molecule has 1 fully saturated rings. The van der Waals surface area contributed by atoms with Crippen LogP contribution in [0.2, 0.25) is 0 Å². The van der Waals surface area contributed by atoms with Crippen LogP contribution < -0.4 is 10.6 Å². The summed E-state index contributed by atoms with van der Waals surface area (Å²) in [5, 5.41) is 0. The molecule has 0 saturated carbocycles. The molecule has 0 spiro atoms. The van der Waals surface area contributed by atoms with Gasteiger partial charge in [-0.15, -0.1) is 0 Å². The second kappa shape index (κ2) is 7.63. The predicted octanol–water partition coefficient (Wildman–Crippen LogP) is 3.51. The zero-order valence-corrected chi connectivity index (χ0v) is 13.1. The summed E-state index contributed by atoms with van der Waals surface area (Å²) >= 11 is 0. The van der Waals surface area contributed by atoms with Gasteiger partial charge in [-0.3, -0.25) is 0 Å². The van der Waals surface area contributed by atoms with Crippen molar-refractivity contribution in [1.29, 1.82) is 0 Å². The van der Waals surface area contributed by atoms with E-state index in [1.807, 2.05) is 0 Å². The van der Waals surface area contributed by atoms with Crippen molar-refractivity contribution in [2.45, 2.75) is 58.9 Å². The second-order valence-electron chi connectivity index (χ2n) is 5.97. The standard InChI is InChI=1S/C17H29N3/c1-3-6-16-11-15(13-18)12-17(19-16)20-9-5-7-14(4-2)8-10-20/h11-12,14H,3-10,13,18H2,1-2H3. The number of nitrogens with two attached hydrogens (primary N) is 1. The van der Waals surface area contributed by atoms with Crippen molar-refractivity contribution in [2.24, 2.45) is 11.7 Å². The summed E-state index contributed by atoms with van der Waals surface area (Å²) < 4.78 is 0. The van der Waals surface area contributed by atoms with Crippen LogP contribution in [-0.4, -0.2) is 18.1 Å². The Morgan fingerprint density at radius 3 is 2.80 bits per heavy atom. The van der Waals surface area contributed by atoms with Crippen molar-refractivity contribution in [3.8, 4) is 0 Å². The van der Waals surface area contributed by atoms with Crippen LogP contribution in [0.25, 0.3) is 0 Å². The predicted molar refractivity (Wildman–Crippen MR) is 86.0 cm³/mol. The molecule has 0 aliphatic carbocycles. The minimum Gasteiger partial charge on any atom is -0.357 e. The van der Waals surface area contributed by atoms with Gasteiger partial charge in [-0.05, 0) is 49.3 Å². The molecule has 0 amide bonds. The minimum atomic E-state index is 0.609. The molecule has 1 atom stereocenters. The molecule has 3 nitrogen and oxygen atoms in total. The summed E-state index contributed by atoms with van der Waals surface area (Å²) in [6, 6.07) is 4.35. The zero-order chi connectivity index (χ0) is 14.4. The van der Waals surface area contributed by atoms with Crippen LogP contribution in [0, 0.1) is 5.92 Å². The van der Waals surface area contributed by atoms with Crippen LogP contribution in [0.5, 0.6) is 0 Å². The fourth-order valence-corrected chi connectivity index (χ4v) is 3.10. The first-order valence-corrected chi connectivity index (χ1v) is 8.21. The van der Waals surface area contributed by atoms with Crippen LogP contribution in [0.3, 0.4) is 0 Å². The van der Waals surface area contributed by atoms with Crippen molar-refractivity contribution in [1.82, 2.24) is 4.98 Å². The Balaban J connectivity index is 2.15. The van der Waals surface area contributed by atoms with Crippen LogP contribution >= 0.6 is 0 Å². The number of aromatic nitrogens is 1. The molecule has 3 heteroatoms. The summed E-state index contributed by atoms with van der Waals surface area (Å²) in [5.74, 6) is 2.04. The van der Waals surface area contributed by atoms with Crippen molar-refractivity contribution in [3.63, 3.8) is 0 Å². The van der Waals surface area contributed by atoms with Gasteiger partial charge in [0, 0.05) is 25.3 Å². The maximum absolute atomic E-state index is 5.84. The topological polar surface area (TPSA) is 42.1 Å². The maximum atomic E-state index is 5.84. The third-order valence-corrected chi connectivity index (χ3v) is 4.42. The van der Waals surface area contributed by atoms with E-state index in [0.29, 0.717) is 6.54 Å². The SMILES string of the molecule is CCCc1cc(CN)cc(N2CCCC(CC)CC2)n1. The molecule has 2 N–H and O–H groups in total. The molecule has 0 radical (unpaired) electrons. The van der Waals surface area contributed by atoms with E-state index in [0.717, 1.165) is 37.7 Å². The summed E-state index contributed by atoms with van der Waals surface area (Å²) in [4.78, 5) is 7.32. The van der Waals surface area contributed by atoms with Gasteiger partial charge in [0.1, 0.15) is 5.82 Å². The summed E-state index contributed by atoms with van der Waals surface area (Å²) in [5.41, 5.74) is 8.25. The van der Waals surface area contributed by atoms with Crippen molar-refractivity contribution < 1.29 is 0 Å². The lowest BCUT2D eigenvalue weighted by Crippen LogP contribution is -2.26. The molecule has 0 bridgehead atoms. The molecule has 112 valence electrons. The molecule has 1 unspecified atom stereocenters. The molecular weight excluding hydrogens is 246 g/mol. The Bertz CT molecular complexity index is 417. The Morgan fingerprint density at radius 2 is 2.10 bits per heavy atom. The third kappa shape index (κ3) is 3.95. The first-order chi connectivity index (χ1) is 9.76. The van der Waals surface area contributed by atoms with E-state index in [1.54, 1.807) is 0 Å². The molecule has 1 aliphatic rings. The zero-order valence-electron chi connectivity index (χ0n) is 13.1. The Kier molecular flexibility index (Phi) is 5.84. The second-order valence-corrected chi connectivity index (χ2v) is 5.97. The average molecular weight is 275 g/mol. The van der Waals surface area contributed by atoms with Gasteiger partial charge >= 0.3 is 0 Å². The van der Waals surface area contributed by atoms with E-state index in [1.165, 1.54) is 36.9 Å². The number of rotatable bonds is 5. The molecule has 1 aromatic heterocycles. The average Bonchev–Trinajstić information content (AvgIpc) is 2.72. The lowest BCUT2D eigenvalue weighted by Gasteiger charge is -2.23. The summed E-state index contributed by atoms with van der Waals surface area (Å²) in [6.45, 7) is 7.41. The quantitative estimate of drug-likeness (QED) is 0.894. The smallest absolute Gasteiger partial charge is 0.129 e. The first kappa shape index (κ1) is 15.3. The number of aryl methyl sites for hydroxylation is 1. The van der Waals surface area contributed by atoms with Gasteiger partial charge in [0.2, 0.25) is 0 Å². The fourth-order valence-electron chi connectivity index (χ4n) is 3.10. The van der Waals surface area contributed by atoms with E-state index < -0.39 is 0 Å². The van der Waals surface area contributed by atoms with E-state index >= 15 is 0 Å². The van der Waals surface area contributed by atoms with Crippen LogP contribution in [0.1, 0.15) is 57.2 Å². The molecule has 2 heterocycles. The van der Waals surface area contributed by atoms with Gasteiger partial charge in [-0.25, -0.2) is 4.98 Å². The number of hydrogen-bond acceptors (Lipinski definition) is 3. The van der Waals surface area contributed by atoms with E-state index in [9.17, 15) is 0 Å². The van der Waals surface area contributed by atoms with Crippen molar-refractivity contribution >= 4 is 5.82 Å². The summed E-state index contributed by atoms with van der Waals surface area (Å²) in [6.07, 6.45) is 7.45. The van der Waals surface area contributed by atoms with Gasteiger partial charge in [0.25, 0.3) is 0 Å².